The smallest absolute Gasteiger partial charge is 0.152 e. The zero-order valence-corrected chi connectivity index (χ0v) is 10.0. The monoisotopic (exact) mass is 234 g/mol. The minimum atomic E-state index is -3.19. The number of sulfone groups is 1. The van der Waals surface area contributed by atoms with E-state index in [1.165, 1.54) is 18.3 Å². The van der Waals surface area contributed by atoms with Crippen LogP contribution < -0.4 is 0 Å². The van der Waals surface area contributed by atoms with Crippen molar-refractivity contribution in [2.45, 2.75) is 25.2 Å². The summed E-state index contributed by atoms with van der Waals surface area (Å²) >= 11 is 1.51. The molecule has 0 aromatic carbocycles. The van der Waals surface area contributed by atoms with Crippen molar-refractivity contribution >= 4 is 21.2 Å². The van der Waals surface area contributed by atoms with Gasteiger partial charge < -0.3 is 5.11 Å². The highest BCUT2D eigenvalue weighted by atomic mass is 32.2. The van der Waals surface area contributed by atoms with Crippen LogP contribution in [-0.4, -0.2) is 25.0 Å². The lowest BCUT2D eigenvalue weighted by Gasteiger charge is -2.16. The van der Waals surface area contributed by atoms with Crippen LogP contribution in [0.5, 0.6) is 0 Å². The summed E-state index contributed by atoms with van der Waals surface area (Å²) in [5.74, 6) is 0. The Labute approximate surface area is 88.3 Å². The summed E-state index contributed by atoms with van der Waals surface area (Å²) in [4.78, 5) is 0.966. The molecule has 2 atom stereocenters. The Morgan fingerprint density at radius 2 is 2.07 bits per heavy atom. The molecule has 0 fully saturated rings. The fraction of sp³-hybridized carbons (Fsp3) is 0.556. The van der Waals surface area contributed by atoms with E-state index in [0.717, 1.165) is 11.1 Å². The van der Waals surface area contributed by atoms with Crippen molar-refractivity contribution in [2.24, 2.45) is 0 Å². The van der Waals surface area contributed by atoms with Gasteiger partial charge in [-0.3, -0.25) is 0 Å². The highest BCUT2D eigenvalue weighted by molar-refractivity contribution is 7.91. The van der Waals surface area contributed by atoms with Crippen LogP contribution in [0.4, 0.5) is 0 Å². The maximum Gasteiger partial charge on any atom is 0.152 e. The van der Waals surface area contributed by atoms with E-state index < -0.39 is 21.2 Å². The molecule has 14 heavy (non-hydrogen) atoms. The third-order valence-electron chi connectivity index (χ3n) is 2.34. The normalized spacial score (nSPS) is 16.6. The molecule has 5 heteroatoms. The average Bonchev–Trinajstić information content (AvgIpc) is 2.47. The predicted octanol–water partition coefficient (Wildman–Crippen LogP) is 1.52. The van der Waals surface area contributed by atoms with E-state index in [4.69, 9.17) is 0 Å². The van der Waals surface area contributed by atoms with Gasteiger partial charge in [0.05, 0.1) is 11.4 Å². The van der Waals surface area contributed by atoms with Crippen LogP contribution in [0.25, 0.3) is 0 Å². The Morgan fingerprint density at radius 1 is 1.50 bits per heavy atom. The predicted molar refractivity (Wildman–Crippen MR) is 58.3 cm³/mol. The first kappa shape index (κ1) is 11.7. The molecule has 0 aliphatic heterocycles. The van der Waals surface area contributed by atoms with E-state index in [0.29, 0.717) is 5.56 Å². The molecule has 1 heterocycles. The summed E-state index contributed by atoms with van der Waals surface area (Å²) in [6.07, 6.45) is 0.221. The number of aliphatic hydroxyl groups is 1. The van der Waals surface area contributed by atoms with Gasteiger partial charge in [-0.15, -0.1) is 11.3 Å². The molecular weight excluding hydrogens is 220 g/mol. The van der Waals surface area contributed by atoms with Gasteiger partial charge in [0.1, 0.15) is 0 Å². The average molecular weight is 234 g/mol. The van der Waals surface area contributed by atoms with Gasteiger partial charge in [-0.2, -0.15) is 0 Å². The van der Waals surface area contributed by atoms with Crippen molar-refractivity contribution in [1.29, 1.82) is 0 Å². The summed E-state index contributed by atoms with van der Waals surface area (Å²) in [5, 5.41) is 10.9. The largest absolute Gasteiger partial charge is 0.387 e. The van der Waals surface area contributed by atoms with Gasteiger partial charge in [0.2, 0.25) is 0 Å². The van der Waals surface area contributed by atoms with Crippen molar-refractivity contribution in [3.05, 3.63) is 21.9 Å². The second kappa shape index (κ2) is 4.00. The van der Waals surface area contributed by atoms with Crippen molar-refractivity contribution in [3.8, 4) is 0 Å². The standard InChI is InChI=1S/C9H14O3S2/c1-6-8(4-5-13-6)9(10)7(2)14(3,11)12/h4-5,7,9-10H,1-3H3. The first-order valence-electron chi connectivity index (χ1n) is 4.25. The van der Waals surface area contributed by atoms with E-state index in [-0.39, 0.29) is 0 Å². The van der Waals surface area contributed by atoms with E-state index in [9.17, 15) is 13.5 Å². The third kappa shape index (κ3) is 2.34. The number of hydrogen-bond acceptors (Lipinski definition) is 4. The minimum Gasteiger partial charge on any atom is -0.387 e. The molecule has 0 saturated heterocycles. The molecule has 2 unspecified atom stereocenters. The summed E-state index contributed by atoms with van der Waals surface area (Å²) in [6.45, 7) is 3.40. The minimum absolute atomic E-state index is 0.716. The maximum atomic E-state index is 11.2. The molecule has 1 aromatic rings. The molecule has 1 rings (SSSR count). The van der Waals surface area contributed by atoms with Gasteiger partial charge >= 0.3 is 0 Å². The SMILES string of the molecule is Cc1sccc1C(O)C(C)S(C)(=O)=O. The molecule has 0 spiro atoms. The van der Waals surface area contributed by atoms with Crippen LogP contribution in [0.3, 0.4) is 0 Å². The number of rotatable bonds is 3. The van der Waals surface area contributed by atoms with Crippen LogP contribution in [0.1, 0.15) is 23.5 Å². The molecule has 1 N–H and O–H groups in total. The fourth-order valence-corrected chi connectivity index (χ4v) is 2.55. The molecule has 0 saturated carbocycles. The van der Waals surface area contributed by atoms with Gasteiger partial charge in [-0.25, -0.2) is 8.42 Å². The first-order valence-corrected chi connectivity index (χ1v) is 7.08. The van der Waals surface area contributed by atoms with Crippen molar-refractivity contribution in [3.63, 3.8) is 0 Å². The molecule has 3 nitrogen and oxygen atoms in total. The van der Waals surface area contributed by atoms with Gasteiger partial charge in [-0.1, -0.05) is 0 Å². The number of thiophene rings is 1. The van der Waals surface area contributed by atoms with E-state index >= 15 is 0 Å². The van der Waals surface area contributed by atoms with Crippen molar-refractivity contribution < 1.29 is 13.5 Å². The zero-order chi connectivity index (χ0) is 10.9. The van der Waals surface area contributed by atoms with E-state index in [1.807, 2.05) is 12.3 Å². The van der Waals surface area contributed by atoms with E-state index in [2.05, 4.69) is 0 Å². The van der Waals surface area contributed by atoms with Crippen LogP contribution in [-0.2, 0) is 9.84 Å². The fourth-order valence-electron chi connectivity index (χ4n) is 1.19. The molecule has 0 aliphatic carbocycles. The molecule has 0 amide bonds. The van der Waals surface area contributed by atoms with Crippen LogP contribution in [0, 0.1) is 6.92 Å². The van der Waals surface area contributed by atoms with Gasteiger partial charge in [0.15, 0.2) is 9.84 Å². The van der Waals surface area contributed by atoms with Crippen molar-refractivity contribution in [2.75, 3.05) is 6.26 Å². The first-order chi connectivity index (χ1) is 6.34. The van der Waals surface area contributed by atoms with Crippen molar-refractivity contribution in [1.82, 2.24) is 0 Å². The number of hydrogen-bond donors (Lipinski definition) is 1. The maximum absolute atomic E-state index is 11.2. The Hall–Kier alpha value is -0.390. The Kier molecular flexibility index (Phi) is 3.34. The Morgan fingerprint density at radius 3 is 2.43 bits per heavy atom. The molecule has 80 valence electrons. The second-order valence-electron chi connectivity index (χ2n) is 3.41. The summed E-state index contributed by atoms with van der Waals surface area (Å²) in [7, 11) is -3.19. The highest BCUT2D eigenvalue weighted by Crippen LogP contribution is 2.27. The lowest BCUT2D eigenvalue weighted by Crippen LogP contribution is -2.24. The summed E-state index contributed by atoms with van der Waals surface area (Å²) < 4.78 is 22.4. The molecule has 0 radical (unpaired) electrons. The van der Waals surface area contributed by atoms with Crippen LogP contribution in [0.2, 0.25) is 0 Å². The zero-order valence-electron chi connectivity index (χ0n) is 8.39. The highest BCUT2D eigenvalue weighted by Gasteiger charge is 2.26. The quantitative estimate of drug-likeness (QED) is 0.862. The molecular formula is C9H14O3S2. The Bertz CT molecular complexity index is 405. The lowest BCUT2D eigenvalue weighted by atomic mass is 10.1. The summed E-state index contributed by atoms with van der Waals surface area (Å²) in [5.41, 5.74) is 0.716. The number of aliphatic hydroxyl groups excluding tert-OH is 1. The van der Waals surface area contributed by atoms with E-state index in [1.54, 1.807) is 6.07 Å². The second-order valence-corrected chi connectivity index (χ2v) is 6.93. The molecule has 0 bridgehead atoms. The molecule has 1 aromatic heterocycles. The van der Waals surface area contributed by atoms with Crippen LogP contribution >= 0.6 is 11.3 Å². The van der Waals surface area contributed by atoms with Crippen LogP contribution in [0.15, 0.2) is 11.4 Å². The van der Waals surface area contributed by atoms with Gasteiger partial charge in [0, 0.05) is 11.1 Å². The third-order valence-corrected chi connectivity index (χ3v) is 4.81. The topological polar surface area (TPSA) is 54.4 Å². The summed E-state index contributed by atoms with van der Waals surface area (Å²) in [6, 6.07) is 1.77. The number of aryl methyl sites for hydroxylation is 1. The van der Waals surface area contributed by atoms with Gasteiger partial charge in [0.25, 0.3) is 0 Å². The Balaban J connectivity index is 2.97. The lowest BCUT2D eigenvalue weighted by molar-refractivity contribution is 0.176. The molecule has 0 aliphatic rings. The van der Waals surface area contributed by atoms with Gasteiger partial charge in [-0.05, 0) is 30.9 Å².